The van der Waals surface area contributed by atoms with E-state index < -0.39 is 6.16 Å². The van der Waals surface area contributed by atoms with E-state index in [1.165, 1.54) is 0 Å². The molecule has 0 saturated carbocycles. The van der Waals surface area contributed by atoms with Crippen LogP contribution in [0.25, 0.3) is 43.4 Å². The first-order valence-corrected chi connectivity index (χ1v) is 21.2. The van der Waals surface area contributed by atoms with Gasteiger partial charge in [-0.3, -0.25) is 9.97 Å². The van der Waals surface area contributed by atoms with Gasteiger partial charge in [-0.15, -0.1) is 0 Å². The summed E-state index contributed by atoms with van der Waals surface area (Å²) in [7, 11) is 0. The summed E-state index contributed by atoms with van der Waals surface area (Å²) in [6.45, 7) is 7.50. The average molecular weight is 980 g/mol. The molecule has 0 aliphatic heterocycles. The highest BCUT2D eigenvalue weighted by atomic mass is 79.9. The largest absolute Gasteiger partial charge is 0.519 e. The standard InChI is InChI=1S/C45H30Br2Cl4N2O5/c1-5-29-21(3)41(35-31(52-29)19-27(48)43(39(35)50)55-33-17-15-23-11-7-9-13-25(23)37(33)46)57-45(54)58-42-22(4)30(6-2)53-32-20-28(49)44(40(51)36(32)42)56-34-18-16-24-12-8-10-14-26(24)38(34)47/h7-20H,5-6H2,1-4H3. The minimum atomic E-state index is -1.05. The maximum Gasteiger partial charge on any atom is 0.519 e. The van der Waals surface area contributed by atoms with Crippen LogP contribution in [-0.2, 0) is 12.8 Å². The molecule has 58 heavy (non-hydrogen) atoms. The van der Waals surface area contributed by atoms with Crippen molar-refractivity contribution in [3.05, 3.63) is 136 Å². The monoisotopic (exact) mass is 976 g/mol. The zero-order valence-corrected chi connectivity index (χ0v) is 37.4. The Hall–Kier alpha value is -4.35. The van der Waals surface area contributed by atoms with Gasteiger partial charge in [-0.2, -0.15) is 0 Å². The number of ether oxygens (including phenoxy) is 4. The lowest BCUT2D eigenvalue weighted by atomic mass is 10.1. The number of rotatable bonds is 8. The molecule has 0 bridgehead atoms. The van der Waals surface area contributed by atoms with Crippen molar-refractivity contribution in [1.29, 1.82) is 0 Å². The number of halogens is 6. The van der Waals surface area contributed by atoms with Gasteiger partial charge in [0, 0.05) is 22.5 Å². The van der Waals surface area contributed by atoms with Crippen LogP contribution in [0, 0.1) is 13.8 Å². The van der Waals surface area contributed by atoms with Crippen molar-refractivity contribution in [2.75, 3.05) is 0 Å². The molecule has 8 rings (SSSR count). The van der Waals surface area contributed by atoms with Gasteiger partial charge < -0.3 is 18.9 Å². The summed E-state index contributed by atoms with van der Waals surface area (Å²) in [6.07, 6.45) is 0.0165. The smallest absolute Gasteiger partial charge is 0.453 e. The van der Waals surface area contributed by atoms with Gasteiger partial charge in [0.1, 0.15) is 23.0 Å². The van der Waals surface area contributed by atoms with E-state index >= 15 is 0 Å². The molecule has 0 aliphatic carbocycles. The third-order valence-electron chi connectivity index (χ3n) is 9.94. The molecule has 0 fully saturated rings. The van der Waals surface area contributed by atoms with E-state index in [0.29, 0.717) is 68.7 Å². The van der Waals surface area contributed by atoms with Crippen molar-refractivity contribution in [3.63, 3.8) is 0 Å². The molecule has 2 heterocycles. The van der Waals surface area contributed by atoms with Crippen LogP contribution in [0.3, 0.4) is 0 Å². The van der Waals surface area contributed by atoms with E-state index in [1.807, 2.05) is 86.6 Å². The fraction of sp³-hybridized carbons (Fsp3) is 0.133. The molecule has 13 heteroatoms. The van der Waals surface area contributed by atoms with E-state index in [1.54, 1.807) is 26.0 Å². The zero-order valence-electron chi connectivity index (χ0n) is 31.2. The molecule has 0 atom stereocenters. The number of aromatic nitrogens is 2. The topological polar surface area (TPSA) is 79.8 Å². The van der Waals surface area contributed by atoms with Gasteiger partial charge in [0.15, 0.2) is 11.5 Å². The van der Waals surface area contributed by atoms with Crippen molar-refractivity contribution >= 4 is 128 Å². The van der Waals surface area contributed by atoms with E-state index in [-0.39, 0.29) is 43.1 Å². The lowest BCUT2D eigenvalue weighted by molar-refractivity contribution is 0.152. The molecule has 2 aromatic heterocycles. The van der Waals surface area contributed by atoms with Crippen LogP contribution in [-0.4, -0.2) is 16.1 Å². The maximum atomic E-state index is 14.1. The van der Waals surface area contributed by atoms with Crippen molar-refractivity contribution < 1.29 is 23.7 Å². The van der Waals surface area contributed by atoms with Gasteiger partial charge in [0.2, 0.25) is 0 Å². The van der Waals surface area contributed by atoms with E-state index in [2.05, 4.69) is 31.9 Å². The molecule has 0 N–H and O–H groups in total. The fourth-order valence-corrected chi connectivity index (χ4v) is 9.37. The SMILES string of the molecule is CCc1nc2cc(Cl)c(Oc3ccc4ccccc4c3Br)c(Cl)c2c(OC(=O)Oc2c(C)c(CC)nc3cc(Cl)c(Oc4ccc5ccccc5c4Br)c(Cl)c23)c1C. The number of aryl methyl sites for hydroxylation is 2. The first-order valence-electron chi connectivity index (χ1n) is 18.1. The first-order chi connectivity index (χ1) is 27.9. The molecule has 0 amide bonds. The van der Waals surface area contributed by atoms with Crippen LogP contribution in [0.4, 0.5) is 4.79 Å². The summed E-state index contributed by atoms with van der Waals surface area (Å²) in [5.74, 6) is 1.57. The first kappa shape index (κ1) is 40.4. The Bertz CT molecular complexity index is 2820. The van der Waals surface area contributed by atoms with Crippen LogP contribution in [0.5, 0.6) is 34.5 Å². The quantitative estimate of drug-likeness (QED) is 0.140. The number of fused-ring (bicyclic) bond motifs is 4. The third kappa shape index (κ3) is 7.20. The Balaban J connectivity index is 1.21. The van der Waals surface area contributed by atoms with Gasteiger partial charge in [-0.05, 0) is 104 Å². The summed E-state index contributed by atoms with van der Waals surface area (Å²) in [4.78, 5) is 23.8. The van der Waals surface area contributed by atoms with E-state index in [4.69, 9.17) is 75.3 Å². The van der Waals surface area contributed by atoms with E-state index in [0.717, 1.165) is 30.5 Å². The molecule has 0 unspecified atom stereocenters. The van der Waals surface area contributed by atoms with Gasteiger partial charge in [0.05, 0.1) is 50.8 Å². The number of hydrogen-bond acceptors (Lipinski definition) is 7. The molecule has 6 aromatic carbocycles. The maximum absolute atomic E-state index is 14.1. The fourth-order valence-electron chi connectivity index (χ4n) is 7.00. The second-order valence-corrected chi connectivity index (χ2v) is 16.5. The summed E-state index contributed by atoms with van der Waals surface area (Å²) >= 11 is 35.3. The average Bonchev–Trinajstić information content (AvgIpc) is 3.21. The van der Waals surface area contributed by atoms with Crippen molar-refractivity contribution in [2.24, 2.45) is 0 Å². The van der Waals surface area contributed by atoms with Crippen LogP contribution < -0.4 is 18.9 Å². The second kappa shape index (κ2) is 16.4. The molecular weight excluding hydrogens is 950 g/mol. The lowest BCUT2D eigenvalue weighted by Gasteiger charge is -2.19. The molecule has 0 radical (unpaired) electrons. The highest BCUT2D eigenvalue weighted by molar-refractivity contribution is 9.11. The molecule has 8 aromatic rings. The van der Waals surface area contributed by atoms with Gasteiger partial charge >= 0.3 is 6.16 Å². The molecular formula is C45H30Br2Cl4N2O5. The highest BCUT2D eigenvalue weighted by Crippen LogP contribution is 2.50. The molecule has 7 nitrogen and oxygen atoms in total. The minimum absolute atomic E-state index is 0.0988. The summed E-state index contributed by atoms with van der Waals surface area (Å²) in [6, 6.07) is 26.6. The molecule has 0 spiro atoms. The lowest BCUT2D eigenvalue weighted by Crippen LogP contribution is -2.17. The number of pyridine rings is 2. The minimum Gasteiger partial charge on any atom is -0.453 e. The zero-order chi connectivity index (χ0) is 41.0. The Morgan fingerprint density at radius 1 is 0.586 bits per heavy atom. The van der Waals surface area contributed by atoms with Crippen LogP contribution >= 0.6 is 78.3 Å². The number of benzene rings is 6. The van der Waals surface area contributed by atoms with Gasteiger partial charge in [0.25, 0.3) is 0 Å². The third-order valence-corrected chi connectivity index (χ3v) is 12.9. The van der Waals surface area contributed by atoms with Crippen LogP contribution in [0.1, 0.15) is 36.4 Å². The number of nitrogens with zero attached hydrogens (tertiary/aromatic N) is 2. The Labute approximate surface area is 370 Å². The highest BCUT2D eigenvalue weighted by Gasteiger charge is 2.27. The normalized spacial score (nSPS) is 11.5. The summed E-state index contributed by atoms with van der Waals surface area (Å²) < 4.78 is 26.4. The second-order valence-electron chi connectivity index (χ2n) is 13.4. The van der Waals surface area contributed by atoms with E-state index in [9.17, 15) is 4.79 Å². The van der Waals surface area contributed by atoms with Crippen molar-refractivity contribution in [2.45, 2.75) is 40.5 Å². The number of hydrogen-bond donors (Lipinski definition) is 0. The Kier molecular flexibility index (Phi) is 11.4. The predicted molar refractivity (Wildman–Crippen MR) is 242 cm³/mol. The number of carbonyl (C=O) groups excluding carboxylic acids is 1. The van der Waals surface area contributed by atoms with Crippen LogP contribution in [0.2, 0.25) is 20.1 Å². The Morgan fingerprint density at radius 3 is 1.38 bits per heavy atom. The van der Waals surface area contributed by atoms with Gasteiger partial charge in [-0.1, -0.05) is 121 Å². The predicted octanol–water partition coefficient (Wildman–Crippen LogP) is 16.1. The van der Waals surface area contributed by atoms with Crippen LogP contribution in [0.15, 0.2) is 93.9 Å². The van der Waals surface area contributed by atoms with Crippen molar-refractivity contribution in [1.82, 2.24) is 9.97 Å². The molecule has 292 valence electrons. The summed E-state index contributed by atoms with van der Waals surface area (Å²) in [5, 5.41) is 5.20. The van der Waals surface area contributed by atoms with Gasteiger partial charge in [-0.25, -0.2) is 4.79 Å². The Morgan fingerprint density at radius 2 is 0.983 bits per heavy atom. The molecule has 0 saturated heterocycles. The molecule has 0 aliphatic rings. The number of carbonyl (C=O) groups is 1. The summed E-state index contributed by atoms with van der Waals surface area (Å²) in [5.41, 5.74) is 3.33. The van der Waals surface area contributed by atoms with Crippen molar-refractivity contribution in [3.8, 4) is 34.5 Å².